The molecule has 0 fully saturated rings. The molecule has 1 unspecified atom stereocenters. The van der Waals surface area contributed by atoms with Crippen molar-refractivity contribution in [2.75, 3.05) is 26.1 Å². The van der Waals surface area contributed by atoms with Crippen LogP contribution < -0.4 is 14.8 Å². The fourth-order valence-corrected chi connectivity index (χ4v) is 5.94. The second-order valence-electron chi connectivity index (χ2n) is 9.96. The zero-order valence-electron chi connectivity index (χ0n) is 19.7. The number of allylic oxidation sites excluding steroid dienone is 3. The Hall–Kier alpha value is -2.72. The third kappa shape index (κ3) is 3.24. The van der Waals surface area contributed by atoms with E-state index in [0.717, 1.165) is 36.3 Å². The molecular formula is C28H33NO3. The van der Waals surface area contributed by atoms with Crippen LogP contribution in [0.15, 0.2) is 48.6 Å². The van der Waals surface area contributed by atoms with E-state index in [2.05, 4.69) is 62.5 Å². The quantitative estimate of drug-likeness (QED) is 0.542. The van der Waals surface area contributed by atoms with E-state index in [0.29, 0.717) is 6.61 Å². The first-order chi connectivity index (χ1) is 15.4. The average Bonchev–Trinajstić information content (AvgIpc) is 2.77. The Labute approximate surface area is 191 Å². The van der Waals surface area contributed by atoms with E-state index in [1.165, 1.54) is 28.0 Å². The molecule has 1 aliphatic carbocycles. The van der Waals surface area contributed by atoms with Crippen molar-refractivity contribution in [3.63, 3.8) is 0 Å². The average molecular weight is 432 g/mol. The molecule has 0 bridgehead atoms. The zero-order valence-corrected chi connectivity index (χ0v) is 19.7. The summed E-state index contributed by atoms with van der Waals surface area (Å²) in [6.07, 6.45) is 9.81. The predicted molar refractivity (Wildman–Crippen MR) is 130 cm³/mol. The molecule has 2 heterocycles. The van der Waals surface area contributed by atoms with E-state index in [1.807, 2.05) is 12.1 Å². The van der Waals surface area contributed by atoms with Gasteiger partial charge in [-0.25, -0.2) is 0 Å². The van der Waals surface area contributed by atoms with Crippen molar-refractivity contribution in [1.82, 2.24) is 0 Å². The monoisotopic (exact) mass is 431 g/mol. The SMILES string of the molecule is COC[C@]1(C2Oc3cccc(OC)c3-c3ccc4c(c32)C(C)=CC(C)(C)N4)CC=CCC1. The van der Waals surface area contributed by atoms with Crippen molar-refractivity contribution in [3.8, 4) is 22.6 Å². The molecule has 0 radical (unpaired) electrons. The van der Waals surface area contributed by atoms with Crippen LogP contribution in [0.2, 0.25) is 0 Å². The van der Waals surface area contributed by atoms with Crippen LogP contribution in [0.3, 0.4) is 0 Å². The molecule has 2 atom stereocenters. The van der Waals surface area contributed by atoms with Crippen molar-refractivity contribution in [2.45, 2.75) is 51.7 Å². The number of hydrogen-bond acceptors (Lipinski definition) is 4. The summed E-state index contributed by atoms with van der Waals surface area (Å²) in [5, 5.41) is 3.73. The standard InChI is InChI=1S/C28H33NO3/c1-18-16-27(2,3)29-20-13-12-19-24-21(31-5)10-9-11-22(24)32-26(25(19)23(18)20)28(17-30-4)14-7-6-8-15-28/h6-7,9-13,16,26,29H,8,14-15,17H2,1-5H3/t26?,28-/m0/s1. The molecule has 3 aliphatic rings. The molecule has 2 aliphatic heterocycles. The Kier molecular flexibility index (Phi) is 5.09. The van der Waals surface area contributed by atoms with Gasteiger partial charge in [-0.2, -0.15) is 0 Å². The minimum absolute atomic E-state index is 0.0935. The van der Waals surface area contributed by atoms with Crippen LogP contribution >= 0.6 is 0 Å². The summed E-state index contributed by atoms with van der Waals surface area (Å²) in [6.45, 7) is 7.31. The second kappa shape index (κ2) is 7.70. The van der Waals surface area contributed by atoms with Gasteiger partial charge in [-0.15, -0.1) is 0 Å². The molecule has 168 valence electrons. The van der Waals surface area contributed by atoms with Gasteiger partial charge in [0, 0.05) is 29.3 Å². The molecule has 0 saturated heterocycles. The highest BCUT2D eigenvalue weighted by Crippen LogP contribution is 2.58. The van der Waals surface area contributed by atoms with E-state index in [4.69, 9.17) is 14.2 Å². The van der Waals surface area contributed by atoms with Crippen molar-refractivity contribution < 1.29 is 14.2 Å². The van der Waals surface area contributed by atoms with Crippen LogP contribution in [0.4, 0.5) is 5.69 Å². The molecule has 0 aromatic heterocycles. The number of anilines is 1. The Morgan fingerprint density at radius 3 is 2.66 bits per heavy atom. The fourth-order valence-electron chi connectivity index (χ4n) is 5.94. The van der Waals surface area contributed by atoms with E-state index in [9.17, 15) is 0 Å². The summed E-state index contributed by atoms with van der Waals surface area (Å²) < 4.78 is 18.5. The number of rotatable bonds is 4. The van der Waals surface area contributed by atoms with Gasteiger partial charge in [0.15, 0.2) is 0 Å². The molecule has 0 spiro atoms. The van der Waals surface area contributed by atoms with Gasteiger partial charge in [0.2, 0.25) is 0 Å². The number of hydrogen-bond donors (Lipinski definition) is 1. The molecule has 0 saturated carbocycles. The summed E-state index contributed by atoms with van der Waals surface area (Å²) in [5.41, 5.74) is 6.99. The lowest BCUT2D eigenvalue weighted by atomic mass is 9.67. The maximum Gasteiger partial charge on any atom is 0.133 e. The van der Waals surface area contributed by atoms with Crippen LogP contribution in [-0.4, -0.2) is 26.4 Å². The highest BCUT2D eigenvalue weighted by molar-refractivity contribution is 5.91. The topological polar surface area (TPSA) is 39.7 Å². The first kappa shape index (κ1) is 21.1. The third-order valence-corrected chi connectivity index (χ3v) is 7.15. The lowest BCUT2D eigenvalue weighted by Crippen LogP contribution is -2.40. The van der Waals surface area contributed by atoms with Gasteiger partial charge in [-0.05, 0) is 69.4 Å². The van der Waals surface area contributed by atoms with Gasteiger partial charge in [0.05, 0.1) is 24.8 Å². The molecule has 5 rings (SSSR count). The van der Waals surface area contributed by atoms with Crippen LogP contribution in [0.1, 0.15) is 57.3 Å². The summed E-state index contributed by atoms with van der Waals surface area (Å²) in [5.74, 6) is 1.73. The molecule has 2 aromatic carbocycles. The predicted octanol–water partition coefficient (Wildman–Crippen LogP) is 6.78. The number of fused-ring (bicyclic) bond motifs is 5. The highest BCUT2D eigenvalue weighted by atomic mass is 16.5. The van der Waals surface area contributed by atoms with Crippen LogP contribution in [0.25, 0.3) is 16.7 Å². The largest absolute Gasteiger partial charge is 0.496 e. The summed E-state index contributed by atoms with van der Waals surface area (Å²) in [4.78, 5) is 0. The second-order valence-corrected chi connectivity index (χ2v) is 9.96. The number of ether oxygens (including phenoxy) is 3. The molecular weight excluding hydrogens is 398 g/mol. The lowest BCUT2D eigenvalue weighted by molar-refractivity contribution is -0.0274. The number of methoxy groups -OCH3 is 2. The van der Waals surface area contributed by atoms with Crippen LogP contribution in [0.5, 0.6) is 11.5 Å². The molecule has 32 heavy (non-hydrogen) atoms. The molecule has 2 aromatic rings. The molecule has 0 amide bonds. The minimum atomic E-state index is -0.124. The van der Waals surface area contributed by atoms with Gasteiger partial charge in [-0.1, -0.05) is 30.4 Å². The Morgan fingerprint density at radius 1 is 1.09 bits per heavy atom. The minimum Gasteiger partial charge on any atom is -0.496 e. The lowest BCUT2D eigenvalue weighted by Gasteiger charge is -2.46. The summed E-state index contributed by atoms with van der Waals surface area (Å²) in [6, 6.07) is 10.6. The molecule has 1 N–H and O–H groups in total. The van der Waals surface area contributed by atoms with Crippen molar-refractivity contribution in [1.29, 1.82) is 0 Å². The van der Waals surface area contributed by atoms with Crippen molar-refractivity contribution in [3.05, 3.63) is 59.7 Å². The van der Waals surface area contributed by atoms with Gasteiger partial charge in [-0.3, -0.25) is 0 Å². The first-order valence-electron chi connectivity index (χ1n) is 11.5. The summed E-state index contributed by atoms with van der Waals surface area (Å²) in [7, 11) is 3.53. The third-order valence-electron chi connectivity index (χ3n) is 7.15. The highest BCUT2D eigenvalue weighted by Gasteiger charge is 2.47. The van der Waals surface area contributed by atoms with Gasteiger partial charge in [0.1, 0.15) is 17.6 Å². The summed E-state index contributed by atoms with van der Waals surface area (Å²) >= 11 is 0. The normalized spacial score (nSPS) is 24.9. The fraction of sp³-hybridized carbons (Fsp3) is 0.429. The zero-order chi connectivity index (χ0) is 22.5. The Morgan fingerprint density at radius 2 is 1.94 bits per heavy atom. The Bertz CT molecular complexity index is 1110. The first-order valence-corrected chi connectivity index (χ1v) is 11.5. The maximum atomic E-state index is 6.91. The van der Waals surface area contributed by atoms with E-state index < -0.39 is 0 Å². The van der Waals surface area contributed by atoms with Crippen LogP contribution in [-0.2, 0) is 4.74 Å². The smallest absolute Gasteiger partial charge is 0.133 e. The maximum absolute atomic E-state index is 6.91. The molecule has 4 heteroatoms. The van der Waals surface area contributed by atoms with Gasteiger partial charge < -0.3 is 19.5 Å². The van der Waals surface area contributed by atoms with E-state index in [-0.39, 0.29) is 17.1 Å². The van der Waals surface area contributed by atoms with Gasteiger partial charge in [0.25, 0.3) is 0 Å². The number of benzene rings is 2. The van der Waals surface area contributed by atoms with Gasteiger partial charge >= 0.3 is 0 Å². The van der Waals surface area contributed by atoms with Crippen molar-refractivity contribution >= 4 is 11.3 Å². The van der Waals surface area contributed by atoms with Crippen molar-refractivity contribution in [2.24, 2.45) is 5.41 Å². The van der Waals surface area contributed by atoms with E-state index >= 15 is 0 Å². The van der Waals surface area contributed by atoms with E-state index in [1.54, 1.807) is 14.2 Å². The number of nitrogens with one attached hydrogen (secondary N) is 1. The van der Waals surface area contributed by atoms with Crippen LogP contribution in [0, 0.1) is 5.41 Å². The molecule has 4 nitrogen and oxygen atoms in total. The Balaban J connectivity index is 1.81.